The van der Waals surface area contributed by atoms with Crippen LogP contribution in [0.25, 0.3) is 11.1 Å². The van der Waals surface area contributed by atoms with Crippen LogP contribution in [0.5, 0.6) is 0 Å². The van der Waals surface area contributed by atoms with Gasteiger partial charge in [0.25, 0.3) is 0 Å². The van der Waals surface area contributed by atoms with E-state index in [0.29, 0.717) is 0 Å². The quantitative estimate of drug-likeness (QED) is 0.310. The Bertz CT molecular complexity index is 1380. The summed E-state index contributed by atoms with van der Waals surface area (Å²) in [5.41, 5.74) is 8.96. The van der Waals surface area contributed by atoms with Crippen LogP contribution in [0.4, 0.5) is 4.39 Å². The molecule has 0 heterocycles. The Hall–Kier alpha value is -3.71. The zero-order valence-electron chi connectivity index (χ0n) is 18.8. The van der Waals surface area contributed by atoms with Crippen LogP contribution in [0, 0.1) is 5.82 Å². The molecule has 4 aromatic rings. The van der Waals surface area contributed by atoms with Crippen molar-refractivity contribution >= 4 is 11.1 Å². The molecule has 0 amide bonds. The summed E-state index contributed by atoms with van der Waals surface area (Å²) in [5.74, 6) is -0.213. The van der Waals surface area contributed by atoms with Crippen molar-refractivity contribution in [1.82, 2.24) is 0 Å². The lowest BCUT2D eigenvalue weighted by molar-refractivity contribution is 0.627. The highest BCUT2D eigenvalue weighted by Gasteiger charge is 2.51. The molecule has 0 saturated carbocycles. The van der Waals surface area contributed by atoms with Crippen molar-refractivity contribution in [2.24, 2.45) is 0 Å². The van der Waals surface area contributed by atoms with E-state index in [9.17, 15) is 4.39 Å². The minimum atomic E-state index is -0.508. The van der Waals surface area contributed by atoms with E-state index in [1.165, 1.54) is 39.5 Å². The third-order valence-electron chi connectivity index (χ3n) is 7.39. The average molecular weight is 429 g/mol. The molecule has 33 heavy (non-hydrogen) atoms. The van der Waals surface area contributed by atoms with Crippen LogP contribution < -0.4 is 0 Å². The van der Waals surface area contributed by atoms with Gasteiger partial charge in [0.2, 0.25) is 0 Å². The third kappa shape index (κ3) is 2.75. The maximum absolute atomic E-state index is 14.6. The SMILES string of the molecule is CC1(C)C2=CC(c3ccccc3)(c3ccccc3)C(c3cccc(F)c3)=C2c2ccccc21. The highest BCUT2D eigenvalue weighted by molar-refractivity contribution is 6.12. The Labute approximate surface area is 194 Å². The maximum atomic E-state index is 14.6. The van der Waals surface area contributed by atoms with Gasteiger partial charge in [-0.15, -0.1) is 0 Å². The number of allylic oxidation sites excluding steroid dienone is 4. The zero-order valence-corrected chi connectivity index (χ0v) is 18.8. The molecule has 0 aliphatic heterocycles. The van der Waals surface area contributed by atoms with Crippen molar-refractivity contribution in [2.45, 2.75) is 24.7 Å². The van der Waals surface area contributed by atoms with Crippen molar-refractivity contribution in [3.63, 3.8) is 0 Å². The zero-order chi connectivity index (χ0) is 22.6. The molecule has 6 rings (SSSR count). The fraction of sp³-hybridized carbons (Fsp3) is 0.125. The fourth-order valence-electron chi connectivity index (χ4n) is 5.90. The monoisotopic (exact) mass is 428 g/mol. The highest BCUT2D eigenvalue weighted by atomic mass is 19.1. The first kappa shape index (κ1) is 19.9. The first-order valence-corrected chi connectivity index (χ1v) is 11.5. The first-order valence-electron chi connectivity index (χ1n) is 11.5. The summed E-state index contributed by atoms with van der Waals surface area (Å²) in [6, 6.07) is 37.1. The van der Waals surface area contributed by atoms with Crippen LogP contribution in [0.1, 0.15) is 41.7 Å². The lowest BCUT2D eigenvalue weighted by atomic mass is 9.67. The number of halogens is 1. The Morgan fingerprint density at radius 2 is 1.24 bits per heavy atom. The van der Waals surface area contributed by atoms with Gasteiger partial charge in [-0.2, -0.15) is 0 Å². The molecule has 160 valence electrons. The number of benzene rings is 4. The van der Waals surface area contributed by atoms with E-state index in [4.69, 9.17) is 0 Å². The fourth-order valence-corrected chi connectivity index (χ4v) is 5.90. The van der Waals surface area contributed by atoms with E-state index in [-0.39, 0.29) is 11.2 Å². The Kier molecular flexibility index (Phi) is 4.32. The predicted molar refractivity (Wildman–Crippen MR) is 134 cm³/mol. The van der Waals surface area contributed by atoms with Gasteiger partial charge in [0, 0.05) is 5.41 Å². The summed E-state index contributed by atoms with van der Waals surface area (Å²) < 4.78 is 14.6. The Morgan fingerprint density at radius 3 is 1.88 bits per heavy atom. The van der Waals surface area contributed by atoms with Gasteiger partial charge in [0.1, 0.15) is 5.82 Å². The van der Waals surface area contributed by atoms with Crippen molar-refractivity contribution in [2.75, 3.05) is 0 Å². The van der Waals surface area contributed by atoms with Crippen molar-refractivity contribution in [3.8, 4) is 0 Å². The molecule has 0 unspecified atom stereocenters. The van der Waals surface area contributed by atoms with Crippen LogP contribution in [-0.4, -0.2) is 0 Å². The molecule has 0 N–H and O–H groups in total. The molecule has 0 aromatic heterocycles. The van der Waals surface area contributed by atoms with Crippen LogP contribution in [0.3, 0.4) is 0 Å². The Balaban J connectivity index is 1.81. The molecule has 0 radical (unpaired) electrons. The molecule has 0 saturated heterocycles. The van der Waals surface area contributed by atoms with Crippen LogP contribution in [0.2, 0.25) is 0 Å². The van der Waals surface area contributed by atoms with E-state index in [1.807, 2.05) is 6.07 Å². The minimum Gasteiger partial charge on any atom is -0.207 e. The summed E-state index contributed by atoms with van der Waals surface area (Å²) >= 11 is 0. The second-order valence-corrected chi connectivity index (χ2v) is 9.53. The maximum Gasteiger partial charge on any atom is 0.123 e. The van der Waals surface area contributed by atoms with Crippen LogP contribution in [-0.2, 0) is 10.8 Å². The lowest BCUT2D eigenvalue weighted by Gasteiger charge is -2.34. The summed E-state index contributed by atoms with van der Waals surface area (Å²) in [4.78, 5) is 0. The number of hydrogen-bond donors (Lipinski definition) is 0. The van der Waals surface area contributed by atoms with Gasteiger partial charge >= 0.3 is 0 Å². The molecule has 0 spiro atoms. The summed E-state index contributed by atoms with van der Waals surface area (Å²) in [5, 5.41) is 0. The number of fused-ring (bicyclic) bond motifs is 3. The van der Waals surface area contributed by atoms with Crippen molar-refractivity contribution < 1.29 is 4.39 Å². The van der Waals surface area contributed by atoms with Crippen LogP contribution >= 0.6 is 0 Å². The van der Waals surface area contributed by atoms with Gasteiger partial charge in [-0.1, -0.05) is 117 Å². The molecule has 2 aliphatic rings. The largest absolute Gasteiger partial charge is 0.207 e. The van der Waals surface area contributed by atoms with E-state index < -0.39 is 5.41 Å². The van der Waals surface area contributed by atoms with E-state index >= 15 is 0 Å². The average Bonchev–Trinajstić information content (AvgIpc) is 3.32. The minimum absolute atomic E-state index is 0.143. The van der Waals surface area contributed by atoms with Crippen molar-refractivity contribution in [1.29, 1.82) is 0 Å². The summed E-state index contributed by atoms with van der Waals surface area (Å²) in [6.45, 7) is 4.61. The number of rotatable bonds is 3. The first-order chi connectivity index (χ1) is 16.0. The smallest absolute Gasteiger partial charge is 0.123 e. The molecular formula is C32H25F. The molecule has 1 heteroatoms. The highest BCUT2D eigenvalue weighted by Crippen LogP contribution is 2.63. The third-order valence-corrected chi connectivity index (χ3v) is 7.39. The summed E-state index contributed by atoms with van der Waals surface area (Å²) in [6.07, 6.45) is 2.45. The Morgan fingerprint density at radius 1 is 0.636 bits per heavy atom. The second-order valence-electron chi connectivity index (χ2n) is 9.53. The predicted octanol–water partition coefficient (Wildman–Crippen LogP) is 7.95. The van der Waals surface area contributed by atoms with Crippen LogP contribution in [0.15, 0.2) is 121 Å². The van der Waals surface area contributed by atoms with Crippen molar-refractivity contribution in [3.05, 3.63) is 154 Å². The standard InChI is InChI=1S/C32H25F/c1-31(2)27-19-10-9-18-26(27)29-28(31)21-32(23-13-5-3-6-14-23,24-15-7-4-8-16-24)30(29)22-12-11-17-25(33)20-22/h3-21H,1-2H3. The molecule has 0 atom stereocenters. The van der Waals surface area contributed by atoms with Gasteiger partial charge in [-0.05, 0) is 56.7 Å². The summed E-state index contributed by atoms with van der Waals surface area (Å²) in [7, 11) is 0. The molecule has 0 fully saturated rings. The van der Waals surface area contributed by atoms with Gasteiger partial charge in [0.05, 0.1) is 5.41 Å². The van der Waals surface area contributed by atoms with Gasteiger partial charge < -0.3 is 0 Å². The van der Waals surface area contributed by atoms with Gasteiger partial charge in [-0.3, -0.25) is 0 Å². The molecular weight excluding hydrogens is 403 g/mol. The van der Waals surface area contributed by atoms with E-state index in [0.717, 1.165) is 11.1 Å². The lowest BCUT2D eigenvalue weighted by Crippen LogP contribution is -2.27. The molecule has 4 aromatic carbocycles. The number of hydrogen-bond acceptors (Lipinski definition) is 0. The molecule has 0 nitrogen and oxygen atoms in total. The normalized spacial score (nSPS) is 17.5. The van der Waals surface area contributed by atoms with Gasteiger partial charge in [-0.25, -0.2) is 4.39 Å². The molecule has 0 bridgehead atoms. The topological polar surface area (TPSA) is 0 Å². The van der Waals surface area contributed by atoms with E-state index in [1.54, 1.807) is 6.07 Å². The van der Waals surface area contributed by atoms with Gasteiger partial charge in [0.15, 0.2) is 0 Å². The van der Waals surface area contributed by atoms with E-state index in [2.05, 4.69) is 111 Å². The molecule has 2 aliphatic carbocycles. The second kappa shape index (κ2) is 7.15.